The summed E-state index contributed by atoms with van der Waals surface area (Å²) in [4.78, 5) is 22.6. The highest BCUT2D eigenvalue weighted by molar-refractivity contribution is 7.99. The van der Waals surface area contributed by atoms with Crippen LogP contribution in [0.5, 0.6) is 0 Å². The van der Waals surface area contributed by atoms with E-state index in [4.69, 9.17) is 9.52 Å². The number of carbonyl (C=O) groups is 2. The number of rotatable bonds is 8. The minimum atomic E-state index is -1.87. The number of carbonyl (C=O) groups excluding carboxylic acids is 1. The van der Waals surface area contributed by atoms with Crippen LogP contribution in [0.25, 0.3) is 0 Å². The topological polar surface area (TPSA) is 176 Å². The molecule has 128 valence electrons. The number of aromatic nitrogens is 5. The Hall–Kier alpha value is -2.45. The fourth-order valence-electron chi connectivity index (χ4n) is 1.61. The van der Waals surface area contributed by atoms with Crippen LogP contribution in [0.4, 0.5) is 0 Å². The number of nitrogens with one attached hydrogen (secondary N) is 1. The molecule has 2 aromatic rings. The zero-order valence-corrected chi connectivity index (χ0v) is 13.2. The summed E-state index contributed by atoms with van der Waals surface area (Å²) in [7, 11) is -1.87. The number of aromatic carboxylic acids is 1. The molecule has 4 N–H and O–H groups in total. The van der Waals surface area contributed by atoms with E-state index in [1.54, 1.807) is 6.92 Å². The van der Waals surface area contributed by atoms with Crippen LogP contribution in [0.3, 0.4) is 0 Å². The lowest BCUT2D eigenvalue weighted by Gasteiger charge is -2.17. The second-order valence-corrected chi connectivity index (χ2v) is 5.52. The van der Waals surface area contributed by atoms with Gasteiger partial charge in [-0.05, 0) is 0 Å². The van der Waals surface area contributed by atoms with Gasteiger partial charge in [0.2, 0.25) is 11.8 Å². The number of carboxylic acids is 1. The molecule has 2 rings (SSSR count). The van der Waals surface area contributed by atoms with Crippen molar-refractivity contribution in [1.82, 2.24) is 30.5 Å². The molecule has 1 amide bonds. The first-order valence-corrected chi connectivity index (χ1v) is 7.55. The van der Waals surface area contributed by atoms with Crippen LogP contribution >= 0.6 is 11.8 Å². The quantitative estimate of drug-likeness (QED) is 0.302. The van der Waals surface area contributed by atoms with Crippen LogP contribution < -0.4 is 5.32 Å². The molecule has 0 aromatic carbocycles. The lowest BCUT2D eigenvalue weighted by atomic mass is 9.79. The summed E-state index contributed by atoms with van der Waals surface area (Å²) in [6, 6.07) is 0. The summed E-state index contributed by atoms with van der Waals surface area (Å²) in [5.41, 5.74) is -0.296. The summed E-state index contributed by atoms with van der Waals surface area (Å²) in [6.45, 7) is 1.44. The van der Waals surface area contributed by atoms with E-state index >= 15 is 0 Å². The standard InChI is InChI=1S/C10H13BN6O6S/c1-5-13-15-10(23-5)24-4-8(18)12-7(11(21)22)3-17-2-6(9(19)20)14-16-17/h2,7,21-22H,3-4H2,1H3,(H,12,18)(H,19,20). The summed E-state index contributed by atoms with van der Waals surface area (Å²) < 4.78 is 6.18. The Morgan fingerprint density at radius 1 is 1.42 bits per heavy atom. The largest absolute Gasteiger partial charge is 0.477 e. The van der Waals surface area contributed by atoms with E-state index in [2.05, 4.69) is 25.8 Å². The lowest BCUT2D eigenvalue weighted by Crippen LogP contribution is -2.49. The third-order valence-electron chi connectivity index (χ3n) is 2.68. The Morgan fingerprint density at radius 2 is 2.17 bits per heavy atom. The molecule has 14 heteroatoms. The number of hydrogen-bond acceptors (Lipinski definition) is 10. The highest BCUT2D eigenvalue weighted by Crippen LogP contribution is 2.15. The van der Waals surface area contributed by atoms with Crippen LogP contribution in [-0.2, 0) is 11.3 Å². The minimum Gasteiger partial charge on any atom is -0.476 e. The molecule has 0 aliphatic rings. The maximum atomic E-state index is 11.9. The first-order valence-electron chi connectivity index (χ1n) is 6.57. The Balaban J connectivity index is 1.89. The molecule has 2 aromatic heterocycles. The van der Waals surface area contributed by atoms with E-state index in [-0.39, 0.29) is 23.2 Å². The molecule has 0 fully saturated rings. The van der Waals surface area contributed by atoms with Crippen LogP contribution in [0, 0.1) is 6.92 Å². The summed E-state index contributed by atoms with van der Waals surface area (Å²) in [5.74, 6) is -2.60. The van der Waals surface area contributed by atoms with Crippen molar-refractivity contribution in [3.8, 4) is 0 Å². The SMILES string of the molecule is Cc1nnc(SCC(=O)NC(Cn2cc(C(=O)O)nn2)B(O)O)o1. The van der Waals surface area contributed by atoms with E-state index in [0.717, 1.165) is 22.6 Å². The van der Waals surface area contributed by atoms with Crippen molar-refractivity contribution in [1.29, 1.82) is 0 Å². The van der Waals surface area contributed by atoms with Gasteiger partial charge in [-0.3, -0.25) is 9.48 Å². The van der Waals surface area contributed by atoms with Crippen LogP contribution in [0.15, 0.2) is 15.8 Å². The molecule has 1 atom stereocenters. The van der Waals surface area contributed by atoms with Gasteiger partial charge in [-0.15, -0.1) is 15.3 Å². The number of hydrogen-bond donors (Lipinski definition) is 4. The minimum absolute atomic E-state index is 0.0808. The molecule has 0 bridgehead atoms. The number of carboxylic acid groups (broad SMARTS) is 1. The third-order valence-corrected chi connectivity index (χ3v) is 3.50. The van der Waals surface area contributed by atoms with Gasteiger partial charge in [0.1, 0.15) is 0 Å². The van der Waals surface area contributed by atoms with Gasteiger partial charge in [0, 0.05) is 6.92 Å². The van der Waals surface area contributed by atoms with Crippen LogP contribution in [0.2, 0.25) is 0 Å². The smallest absolute Gasteiger partial charge is 0.476 e. The van der Waals surface area contributed by atoms with Crippen molar-refractivity contribution in [2.75, 3.05) is 5.75 Å². The molecule has 12 nitrogen and oxygen atoms in total. The normalized spacial score (nSPS) is 12.0. The van der Waals surface area contributed by atoms with Crippen molar-refractivity contribution in [2.45, 2.75) is 24.6 Å². The van der Waals surface area contributed by atoms with Crippen molar-refractivity contribution in [2.24, 2.45) is 0 Å². The van der Waals surface area contributed by atoms with Gasteiger partial charge in [0.05, 0.1) is 24.4 Å². The maximum Gasteiger partial charge on any atom is 0.477 e. The van der Waals surface area contributed by atoms with Gasteiger partial charge in [-0.1, -0.05) is 17.0 Å². The molecular formula is C10H13BN6O6S. The molecule has 0 spiro atoms. The van der Waals surface area contributed by atoms with Gasteiger partial charge < -0.3 is 24.9 Å². The van der Waals surface area contributed by atoms with Gasteiger partial charge in [0.15, 0.2) is 5.69 Å². The van der Waals surface area contributed by atoms with Crippen LogP contribution in [-0.4, -0.2) is 71.0 Å². The molecule has 24 heavy (non-hydrogen) atoms. The first-order chi connectivity index (χ1) is 11.3. The monoisotopic (exact) mass is 356 g/mol. The van der Waals surface area contributed by atoms with E-state index < -0.39 is 24.9 Å². The summed E-state index contributed by atoms with van der Waals surface area (Å²) in [6.07, 6.45) is 1.11. The Kier molecular flexibility index (Phi) is 5.89. The number of nitrogens with zero attached hydrogens (tertiary/aromatic N) is 5. The fourth-order valence-corrected chi connectivity index (χ4v) is 2.23. The highest BCUT2D eigenvalue weighted by Gasteiger charge is 2.27. The molecule has 0 saturated heterocycles. The third kappa shape index (κ3) is 5.04. The average molecular weight is 356 g/mol. The Morgan fingerprint density at radius 3 is 2.71 bits per heavy atom. The van der Waals surface area contributed by atoms with E-state index in [0.29, 0.717) is 5.89 Å². The molecule has 0 saturated carbocycles. The van der Waals surface area contributed by atoms with Gasteiger partial charge in [-0.2, -0.15) is 0 Å². The first kappa shape index (κ1) is 17.9. The van der Waals surface area contributed by atoms with Crippen molar-refractivity contribution >= 4 is 30.8 Å². The summed E-state index contributed by atoms with van der Waals surface area (Å²) >= 11 is 0.989. The number of thioether (sulfide) groups is 1. The second-order valence-electron chi connectivity index (χ2n) is 4.59. The number of amides is 1. The van der Waals surface area contributed by atoms with E-state index in [1.807, 2.05) is 0 Å². The lowest BCUT2D eigenvalue weighted by molar-refractivity contribution is -0.119. The Bertz CT molecular complexity index is 720. The predicted octanol–water partition coefficient (Wildman–Crippen LogP) is -2.04. The Labute approximate surface area is 139 Å². The maximum absolute atomic E-state index is 11.9. The summed E-state index contributed by atoms with van der Waals surface area (Å²) in [5, 5.41) is 44.3. The van der Waals surface area contributed by atoms with E-state index in [9.17, 15) is 19.6 Å². The molecule has 0 aliphatic carbocycles. The average Bonchev–Trinajstić information content (AvgIpc) is 3.13. The van der Waals surface area contributed by atoms with Gasteiger partial charge in [0.25, 0.3) is 5.22 Å². The zero-order chi connectivity index (χ0) is 17.7. The molecular weight excluding hydrogens is 343 g/mol. The zero-order valence-electron chi connectivity index (χ0n) is 12.4. The fraction of sp³-hybridized carbons (Fsp3) is 0.400. The molecule has 0 radical (unpaired) electrons. The second kappa shape index (κ2) is 7.89. The van der Waals surface area contributed by atoms with Crippen LogP contribution in [0.1, 0.15) is 16.4 Å². The van der Waals surface area contributed by atoms with E-state index in [1.165, 1.54) is 0 Å². The van der Waals surface area contributed by atoms with Crippen molar-refractivity contribution < 1.29 is 29.2 Å². The van der Waals surface area contributed by atoms with Crippen molar-refractivity contribution in [3.63, 3.8) is 0 Å². The van der Waals surface area contributed by atoms with Gasteiger partial charge in [-0.25, -0.2) is 4.79 Å². The molecule has 2 heterocycles. The van der Waals surface area contributed by atoms with Crippen molar-refractivity contribution in [3.05, 3.63) is 17.8 Å². The highest BCUT2D eigenvalue weighted by atomic mass is 32.2. The number of aryl methyl sites for hydroxylation is 1. The molecule has 0 aliphatic heterocycles. The predicted molar refractivity (Wildman–Crippen MR) is 78.9 cm³/mol. The molecule has 1 unspecified atom stereocenters. The van der Waals surface area contributed by atoms with Gasteiger partial charge >= 0.3 is 13.1 Å².